The molecule has 0 radical (unpaired) electrons. The lowest BCUT2D eigenvalue weighted by atomic mass is 9.83. The van der Waals surface area contributed by atoms with Crippen molar-refractivity contribution in [2.75, 3.05) is 13.7 Å². The highest BCUT2D eigenvalue weighted by molar-refractivity contribution is 6.30. The minimum Gasteiger partial charge on any atom is -0.465 e. The molecule has 2 atom stereocenters. The number of ether oxygens (including phenoxy) is 3. The molecule has 3 heterocycles. The van der Waals surface area contributed by atoms with Gasteiger partial charge in [0.2, 0.25) is 5.88 Å². The molecule has 1 aromatic heterocycles. The number of fused-ring (bicyclic) bond motifs is 1. The number of rotatable bonds is 4. The molecule has 2 aliphatic heterocycles. The van der Waals surface area contributed by atoms with Crippen LogP contribution in [0.25, 0.3) is 0 Å². The van der Waals surface area contributed by atoms with Gasteiger partial charge in [0.15, 0.2) is 0 Å². The van der Waals surface area contributed by atoms with Crippen LogP contribution in [-0.4, -0.2) is 30.4 Å². The quantitative estimate of drug-likeness (QED) is 0.750. The molecule has 7 nitrogen and oxygen atoms in total. The Labute approximate surface area is 179 Å². The number of hydrogen-bond acceptors (Lipinski definition) is 6. The van der Waals surface area contributed by atoms with Crippen molar-refractivity contribution < 1.29 is 19.0 Å². The molecule has 0 saturated carbocycles. The van der Waals surface area contributed by atoms with E-state index in [2.05, 4.69) is 0 Å². The summed E-state index contributed by atoms with van der Waals surface area (Å²) in [5.41, 5.74) is 7.64. The lowest BCUT2D eigenvalue weighted by molar-refractivity contribution is -0.136. The summed E-state index contributed by atoms with van der Waals surface area (Å²) in [7, 11) is 1.26. The van der Waals surface area contributed by atoms with E-state index in [-0.39, 0.29) is 23.1 Å². The number of hydrogen-bond donors (Lipinski definition) is 1. The third kappa shape index (κ3) is 3.59. The average Bonchev–Trinajstić information content (AvgIpc) is 3.23. The van der Waals surface area contributed by atoms with Crippen LogP contribution < -0.4 is 16.0 Å². The molecule has 0 unspecified atom stereocenters. The van der Waals surface area contributed by atoms with Crippen molar-refractivity contribution in [1.82, 2.24) is 4.57 Å². The fraction of sp³-hybridized carbons (Fsp3) is 0.364. The Morgan fingerprint density at radius 2 is 2.17 bits per heavy atom. The van der Waals surface area contributed by atoms with Crippen LogP contribution in [0, 0.1) is 6.92 Å². The highest BCUT2D eigenvalue weighted by Crippen LogP contribution is 2.41. The van der Waals surface area contributed by atoms with Crippen LogP contribution in [-0.2, 0) is 20.8 Å². The minimum atomic E-state index is -0.760. The van der Waals surface area contributed by atoms with E-state index in [0.717, 1.165) is 18.5 Å². The first-order valence-corrected chi connectivity index (χ1v) is 10.2. The summed E-state index contributed by atoms with van der Waals surface area (Å²) in [6.07, 6.45) is 1.86. The van der Waals surface area contributed by atoms with E-state index in [0.29, 0.717) is 35.1 Å². The molecule has 2 aromatic rings. The predicted octanol–water partition coefficient (Wildman–Crippen LogP) is 2.86. The zero-order chi connectivity index (χ0) is 21.4. The van der Waals surface area contributed by atoms with Crippen LogP contribution >= 0.6 is 11.6 Å². The summed E-state index contributed by atoms with van der Waals surface area (Å²) in [4.78, 5) is 26.2. The largest absolute Gasteiger partial charge is 0.465 e. The fourth-order valence-electron chi connectivity index (χ4n) is 4.13. The summed E-state index contributed by atoms with van der Waals surface area (Å²) in [5, 5.41) is 0.482. The number of carbonyl (C=O) groups is 1. The number of halogens is 1. The molecule has 0 spiro atoms. The van der Waals surface area contributed by atoms with Crippen molar-refractivity contribution in [3.63, 3.8) is 0 Å². The van der Waals surface area contributed by atoms with Gasteiger partial charge >= 0.3 is 5.97 Å². The number of aryl methyl sites for hydroxylation is 1. The average molecular weight is 431 g/mol. The van der Waals surface area contributed by atoms with Gasteiger partial charge in [-0.1, -0.05) is 23.7 Å². The Kier molecular flexibility index (Phi) is 5.58. The van der Waals surface area contributed by atoms with Crippen molar-refractivity contribution >= 4 is 17.6 Å². The third-order valence-electron chi connectivity index (χ3n) is 5.57. The van der Waals surface area contributed by atoms with Crippen molar-refractivity contribution in [3.05, 3.63) is 74.0 Å². The number of benzene rings is 1. The number of methoxy groups -OCH3 is 1. The smallest absolute Gasteiger partial charge is 0.340 e. The fourth-order valence-corrected chi connectivity index (χ4v) is 4.33. The van der Waals surface area contributed by atoms with Crippen molar-refractivity contribution in [3.8, 4) is 5.75 Å². The summed E-state index contributed by atoms with van der Waals surface area (Å²) in [5.74, 6) is -1.18. The van der Waals surface area contributed by atoms with Crippen LogP contribution in [0.1, 0.15) is 35.6 Å². The zero-order valence-corrected chi connectivity index (χ0v) is 17.6. The van der Waals surface area contributed by atoms with Crippen LogP contribution in [0.15, 0.2) is 46.6 Å². The topological polar surface area (TPSA) is 92.8 Å². The SMILES string of the molecule is COC(=O)C1=C(N)Oc2cc(C)n(C[C@@H]3CCCO3)c(=O)c2[C@@H]1c1cccc(Cl)c1. The number of nitrogens with two attached hydrogens (primary N) is 1. The number of pyridine rings is 1. The van der Waals surface area contributed by atoms with Crippen LogP contribution in [0.3, 0.4) is 0 Å². The molecule has 0 amide bonds. The lowest BCUT2D eigenvalue weighted by Crippen LogP contribution is -2.36. The molecule has 0 bridgehead atoms. The predicted molar refractivity (Wildman–Crippen MR) is 112 cm³/mol. The Balaban J connectivity index is 1.92. The van der Waals surface area contributed by atoms with E-state index in [1.807, 2.05) is 6.92 Å². The van der Waals surface area contributed by atoms with E-state index < -0.39 is 11.9 Å². The summed E-state index contributed by atoms with van der Waals surface area (Å²) in [6.45, 7) is 2.97. The summed E-state index contributed by atoms with van der Waals surface area (Å²) < 4.78 is 18.0. The van der Waals surface area contributed by atoms with Gasteiger partial charge in [-0.3, -0.25) is 4.79 Å². The minimum absolute atomic E-state index is 0.0192. The van der Waals surface area contributed by atoms with Gasteiger partial charge in [0.25, 0.3) is 5.56 Å². The lowest BCUT2D eigenvalue weighted by Gasteiger charge is -2.29. The van der Waals surface area contributed by atoms with Crippen molar-refractivity contribution in [2.45, 2.75) is 38.3 Å². The molecule has 8 heteroatoms. The Morgan fingerprint density at radius 1 is 1.37 bits per heavy atom. The van der Waals surface area contributed by atoms with Crippen molar-refractivity contribution in [1.29, 1.82) is 0 Å². The van der Waals surface area contributed by atoms with Gasteiger partial charge in [-0.05, 0) is 37.5 Å². The molecule has 158 valence electrons. The highest BCUT2D eigenvalue weighted by Gasteiger charge is 2.38. The zero-order valence-electron chi connectivity index (χ0n) is 16.8. The van der Waals surface area contributed by atoms with Gasteiger partial charge in [-0.2, -0.15) is 0 Å². The maximum absolute atomic E-state index is 13.6. The number of nitrogens with zero attached hydrogens (tertiary/aromatic N) is 1. The third-order valence-corrected chi connectivity index (χ3v) is 5.80. The van der Waals surface area contributed by atoms with Crippen molar-refractivity contribution in [2.24, 2.45) is 5.73 Å². The van der Waals surface area contributed by atoms with Gasteiger partial charge in [-0.25, -0.2) is 4.79 Å². The van der Waals surface area contributed by atoms with E-state index in [4.69, 9.17) is 31.5 Å². The van der Waals surface area contributed by atoms with Crippen LogP contribution in [0.5, 0.6) is 5.75 Å². The van der Waals surface area contributed by atoms with E-state index >= 15 is 0 Å². The molecule has 1 saturated heterocycles. The monoisotopic (exact) mass is 430 g/mol. The second-order valence-corrected chi connectivity index (χ2v) is 7.91. The first-order valence-electron chi connectivity index (χ1n) is 9.78. The van der Waals surface area contributed by atoms with Gasteiger partial charge in [0.1, 0.15) is 11.3 Å². The Hall–Kier alpha value is -2.77. The number of aromatic nitrogens is 1. The molecule has 30 heavy (non-hydrogen) atoms. The molecular formula is C22H23ClN2O5. The molecule has 0 aliphatic carbocycles. The van der Waals surface area contributed by atoms with Gasteiger partial charge < -0.3 is 24.5 Å². The first-order chi connectivity index (χ1) is 14.4. The normalized spacial score (nSPS) is 20.6. The maximum atomic E-state index is 13.6. The molecule has 4 rings (SSSR count). The number of carbonyl (C=O) groups excluding carboxylic acids is 1. The molecule has 2 N–H and O–H groups in total. The van der Waals surface area contributed by atoms with E-state index in [1.54, 1.807) is 34.9 Å². The first kappa shape index (κ1) is 20.5. The Bertz CT molecular complexity index is 1090. The second-order valence-electron chi connectivity index (χ2n) is 7.47. The summed E-state index contributed by atoms with van der Waals surface area (Å²) in [6, 6.07) is 8.76. The molecular weight excluding hydrogens is 408 g/mol. The summed E-state index contributed by atoms with van der Waals surface area (Å²) >= 11 is 6.20. The molecule has 2 aliphatic rings. The highest BCUT2D eigenvalue weighted by atomic mass is 35.5. The van der Waals surface area contributed by atoms with Gasteiger partial charge in [0, 0.05) is 23.4 Å². The maximum Gasteiger partial charge on any atom is 0.340 e. The van der Waals surface area contributed by atoms with Crippen LogP contribution in [0.2, 0.25) is 5.02 Å². The molecule has 1 aromatic carbocycles. The van der Waals surface area contributed by atoms with E-state index in [9.17, 15) is 9.59 Å². The van der Waals surface area contributed by atoms with E-state index in [1.165, 1.54) is 7.11 Å². The standard InChI is InChI=1S/C22H23ClN2O5/c1-12-9-16-18(21(26)25(12)11-15-7-4-8-29-15)17(13-5-3-6-14(23)10-13)19(20(24)30-16)22(27)28-2/h3,5-6,9-10,15,17H,4,7-8,11,24H2,1-2H3/t15-,17-/m0/s1. The van der Waals surface area contributed by atoms with Gasteiger partial charge in [-0.15, -0.1) is 0 Å². The molecule has 1 fully saturated rings. The van der Waals surface area contributed by atoms with Crippen LogP contribution in [0.4, 0.5) is 0 Å². The Morgan fingerprint density at radius 3 is 2.83 bits per heavy atom. The number of esters is 1. The second kappa shape index (κ2) is 8.16. The van der Waals surface area contributed by atoms with Gasteiger partial charge in [0.05, 0.1) is 31.2 Å².